The van der Waals surface area contributed by atoms with E-state index in [1.807, 2.05) is 6.07 Å². The maximum Gasteiger partial charge on any atom is 0.451 e. The normalized spacial score (nSPS) is 20.9. The molecule has 160 valence electrons. The lowest BCUT2D eigenvalue weighted by molar-refractivity contribution is -0.145. The molecule has 1 fully saturated rings. The van der Waals surface area contributed by atoms with Gasteiger partial charge < -0.3 is 10.6 Å². The zero-order chi connectivity index (χ0) is 21.2. The number of aromatic nitrogens is 3. The molecule has 0 radical (unpaired) electrons. The van der Waals surface area contributed by atoms with Gasteiger partial charge in [0.15, 0.2) is 0 Å². The summed E-state index contributed by atoms with van der Waals surface area (Å²) in [7, 11) is 0. The Morgan fingerprint density at radius 1 is 1.30 bits per heavy atom. The minimum absolute atomic E-state index is 0. The fraction of sp³-hybridized carbons (Fsp3) is 0.389. The van der Waals surface area contributed by atoms with Crippen LogP contribution < -0.4 is 10.6 Å². The standard InChI is InChI=1S/C18H16F4N6O.ClH/c1-9-13(19)3-15(28-9)16(29)25-5-10-2-14(24-6-11(10)4-23)12-7-26-17(27-8-12)18(20,21)22;/h2,6-9,13,15,28H,3,5H2,1H3,(H,25,29);1H. The molecule has 3 unspecified atom stereocenters. The third-order valence-electron chi connectivity index (χ3n) is 4.55. The van der Waals surface area contributed by atoms with Crippen LogP contribution in [0, 0.1) is 11.3 Å². The van der Waals surface area contributed by atoms with Gasteiger partial charge in [-0.05, 0) is 18.6 Å². The lowest BCUT2D eigenvalue weighted by Gasteiger charge is -2.13. The molecule has 1 aliphatic heterocycles. The van der Waals surface area contributed by atoms with Gasteiger partial charge in [0.05, 0.1) is 17.3 Å². The highest BCUT2D eigenvalue weighted by Gasteiger charge is 2.35. The molecule has 1 amide bonds. The van der Waals surface area contributed by atoms with Crippen LogP contribution in [-0.4, -0.2) is 39.1 Å². The van der Waals surface area contributed by atoms with E-state index in [0.29, 0.717) is 5.56 Å². The molecule has 2 aromatic heterocycles. The van der Waals surface area contributed by atoms with E-state index in [0.717, 1.165) is 12.4 Å². The summed E-state index contributed by atoms with van der Waals surface area (Å²) in [6.45, 7) is 1.62. The highest BCUT2D eigenvalue weighted by atomic mass is 35.5. The Kier molecular flexibility index (Phi) is 7.28. The van der Waals surface area contributed by atoms with E-state index in [2.05, 4.69) is 25.6 Å². The third-order valence-corrected chi connectivity index (χ3v) is 4.55. The summed E-state index contributed by atoms with van der Waals surface area (Å²) in [6, 6.07) is 2.31. The van der Waals surface area contributed by atoms with Gasteiger partial charge in [-0.1, -0.05) is 0 Å². The van der Waals surface area contributed by atoms with Crippen molar-refractivity contribution < 1.29 is 22.4 Å². The quantitative estimate of drug-likeness (QED) is 0.702. The Bertz CT molecular complexity index is 937. The Balaban J connectivity index is 0.00000320. The average molecular weight is 445 g/mol. The first-order chi connectivity index (χ1) is 13.7. The largest absolute Gasteiger partial charge is 0.451 e. The van der Waals surface area contributed by atoms with Crippen molar-refractivity contribution in [3.05, 3.63) is 41.6 Å². The molecule has 0 saturated carbocycles. The summed E-state index contributed by atoms with van der Waals surface area (Å²) in [5.74, 6) is -1.68. The maximum absolute atomic E-state index is 13.6. The minimum atomic E-state index is -4.66. The molecule has 7 nitrogen and oxygen atoms in total. The fourth-order valence-corrected chi connectivity index (χ4v) is 2.92. The second kappa shape index (κ2) is 9.32. The first kappa shape index (κ1) is 23.4. The number of nitrogens with zero attached hydrogens (tertiary/aromatic N) is 4. The molecule has 2 N–H and O–H groups in total. The molecule has 1 saturated heterocycles. The van der Waals surface area contributed by atoms with Crippen LogP contribution >= 0.6 is 12.4 Å². The molecule has 0 aliphatic carbocycles. The van der Waals surface area contributed by atoms with E-state index < -0.39 is 36.2 Å². The SMILES string of the molecule is CC1NC(C(=O)NCc2cc(-c3cnc(C(F)(F)F)nc3)ncc2C#N)CC1F.Cl. The van der Waals surface area contributed by atoms with Gasteiger partial charge in [0.1, 0.15) is 12.2 Å². The number of pyridine rings is 1. The zero-order valence-electron chi connectivity index (χ0n) is 15.6. The van der Waals surface area contributed by atoms with Crippen molar-refractivity contribution in [3.63, 3.8) is 0 Å². The number of hydrogen-bond acceptors (Lipinski definition) is 6. The van der Waals surface area contributed by atoms with E-state index in [-0.39, 0.29) is 42.2 Å². The van der Waals surface area contributed by atoms with E-state index in [1.54, 1.807) is 6.92 Å². The number of rotatable bonds is 4. The first-order valence-electron chi connectivity index (χ1n) is 8.65. The van der Waals surface area contributed by atoms with Gasteiger partial charge in [0.25, 0.3) is 0 Å². The molecule has 2 aromatic rings. The number of nitriles is 1. The molecule has 0 spiro atoms. The topological polar surface area (TPSA) is 104 Å². The number of nitrogens with one attached hydrogen (secondary N) is 2. The third kappa shape index (κ3) is 5.20. The molecule has 0 bridgehead atoms. The van der Waals surface area contributed by atoms with Gasteiger partial charge in [0, 0.05) is 43.2 Å². The Morgan fingerprint density at radius 3 is 2.50 bits per heavy atom. The van der Waals surface area contributed by atoms with Gasteiger partial charge in [-0.25, -0.2) is 14.4 Å². The van der Waals surface area contributed by atoms with Crippen molar-refractivity contribution >= 4 is 18.3 Å². The maximum atomic E-state index is 13.6. The van der Waals surface area contributed by atoms with Crippen LogP contribution in [0.3, 0.4) is 0 Å². The molecule has 3 atom stereocenters. The van der Waals surface area contributed by atoms with Gasteiger partial charge in [-0.3, -0.25) is 9.78 Å². The summed E-state index contributed by atoms with van der Waals surface area (Å²) in [6.07, 6.45) is -2.50. The predicted molar refractivity (Wildman–Crippen MR) is 100.0 cm³/mol. The van der Waals surface area contributed by atoms with Crippen LogP contribution in [0.4, 0.5) is 17.6 Å². The van der Waals surface area contributed by atoms with Crippen molar-refractivity contribution in [2.24, 2.45) is 0 Å². The lowest BCUT2D eigenvalue weighted by Crippen LogP contribution is -2.42. The number of amides is 1. The van der Waals surface area contributed by atoms with Gasteiger partial charge in [-0.2, -0.15) is 18.4 Å². The number of carbonyl (C=O) groups excluding carboxylic acids is 1. The lowest BCUT2D eigenvalue weighted by atomic mass is 10.1. The van der Waals surface area contributed by atoms with E-state index >= 15 is 0 Å². The van der Waals surface area contributed by atoms with E-state index in [9.17, 15) is 27.6 Å². The highest BCUT2D eigenvalue weighted by molar-refractivity contribution is 5.85. The Labute approximate surface area is 175 Å². The van der Waals surface area contributed by atoms with Crippen LogP contribution in [0.1, 0.15) is 30.3 Å². The number of hydrogen-bond donors (Lipinski definition) is 2. The second-order valence-corrected chi connectivity index (χ2v) is 6.61. The van der Waals surface area contributed by atoms with Crippen molar-refractivity contribution in [1.82, 2.24) is 25.6 Å². The molecule has 3 heterocycles. The average Bonchev–Trinajstić information content (AvgIpc) is 3.04. The summed E-state index contributed by atoms with van der Waals surface area (Å²) >= 11 is 0. The van der Waals surface area contributed by atoms with Crippen molar-refractivity contribution in [2.75, 3.05) is 0 Å². The number of carbonyl (C=O) groups is 1. The molecular weight excluding hydrogens is 428 g/mol. The predicted octanol–water partition coefficient (Wildman–Crippen LogP) is 2.56. The van der Waals surface area contributed by atoms with Crippen LogP contribution in [0.5, 0.6) is 0 Å². The van der Waals surface area contributed by atoms with Crippen molar-refractivity contribution in [2.45, 2.75) is 44.3 Å². The Morgan fingerprint density at radius 2 is 1.97 bits per heavy atom. The van der Waals surface area contributed by atoms with Crippen LogP contribution in [0.25, 0.3) is 11.3 Å². The smallest absolute Gasteiger partial charge is 0.351 e. The molecule has 1 aliphatic rings. The van der Waals surface area contributed by atoms with Crippen LogP contribution in [0.15, 0.2) is 24.7 Å². The van der Waals surface area contributed by atoms with Crippen molar-refractivity contribution in [3.8, 4) is 17.3 Å². The van der Waals surface area contributed by atoms with Gasteiger partial charge in [0.2, 0.25) is 11.7 Å². The molecule has 3 rings (SSSR count). The molecule has 0 aromatic carbocycles. The second-order valence-electron chi connectivity index (χ2n) is 6.61. The fourth-order valence-electron chi connectivity index (χ4n) is 2.92. The minimum Gasteiger partial charge on any atom is -0.351 e. The van der Waals surface area contributed by atoms with Gasteiger partial charge >= 0.3 is 6.18 Å². The summed E-state index contributed by atoms with van der Waals surface area (Å²) < 4.78 is 51.4. The van der Waals surface area contributed by atoms with E-state index in [1.165, 1.54) is 12.3 Å². The van der Waals surface area contributed by atoms with Crippen LogP contribution in [-0.2, 0) is 17.5 Å². The Hall–Kier alpha value is -2.84. The number of halogens is 5. The number of alkyl halides is 4. The van der Waals surface area contributed by atoms with Gasteiger partial charge in [-0.15, -0.1) is 12.4 Å². The summed E-state index contributed by atoms with van der Waals surface area (Å²) in [5, 5.41) is 14.7. The van der Waals surface area contributed by atoms with E-state index in [4.69, 9.17) is 0 Å². The zero-order valence-corrected chi connectivity index (χ0v) is 16.4. The molecule has 30 heavy (non-hydrogen) atoms. The molecular formula is C18H17ClF4N6O. The first-order valence-corrected chi connectivity index (χ1v) is 8.65. The van der Waals surface area contributed by atoms with Crippen molar-refractivity contribution in [1.29, 1.82) is 5.26 Å². The van der Waals surface area contributed by atoms with Crippen LogP contribution in [0.2, 0.25) is 0 Å². The highest BCUT2D eigenvalue weighted by Crippen LogP contribution is 2.27. The monoisotopic (exact) mass is 444 g/mol. The summed E-state index contributed by atoms with van der Waals surface area (Å²) in [5.41, 5.74) is 1.08. The summed E-state index contributed by atoms with van der Waals surface area (Å²) in [4.78, 5) is 22.8. The molecule has 12 heteroatoms.